The number of carboxylic acid groups (broad SMARTS) is 1. The zero-order chi connectivity index (χ0) is 13.8. The second kappa shape index (κ2) is 5.71. The van der Waals surface area contributed by atoms with Crippen molar-refractivity contribution in [3.05, 3.63) is 34.9 Å². The average Bonchev–Trinajstić information content (AvgIpc) is 2.85. The Balaban J connectivity index is 1.86. The van der Waals surface area contributed by atoms with E-state index in [2.05, 4.69) is 10.5 Å². The van der Waals surface area contributed by atoms with Crippen LogP contribution in [0.25, 0.3) is 0 Å². The molecule has 2 rings (SSSR count). The minimum Gasteiger partial charge on any atom is -0.477 e. The van der Waals surface area contributed by atoms with Crippen LogP contribution in [-0.4, -0.2) is 35.3 Å². The van der Waals surface area contributed by atoms with Gasteiger partial charge in [-0.3, -0.25) is 4.79 Å². The van der Waals surface area contributed by atoms with E-state index in [1.807, 2.05) is 0 Å². The zero-order valence-corrected chi connectivity index (χ0v) is 10.6. The van der Waals surface area contributed by atoms with Gasteiger partial charge in [0.1, 0.15) is 0 Å². The van der Waals surface area contributed by atoms with E-state index >= 15 is 0 Å². The van der Waals surface area contributed by atoms with Gasteiger partial charge in [-0.1, -0.05) is 28.9 Å². The Kier molecular flexibility index (Phi) is 4.01. The maximum atomic E-state index is 11.8. The number of benzene rings is 1. The number of oxime groups is 1. The van der Waals surface area contributed by atoms with Crippen molar-refractivity contribution < 1.29 is 19.5 Å². The lowest BCUT2D eigenvalue weighted by Crippen LogP contribution is -2.32. The lowest BCUT2D eigenvalue weighted by Gasteiger charge is -2.10. The van der Waals surface area contributed by atoms with Gasteiger partial charge >= 0.3 is 5.97 Å². The smallest absolute Gasteiger partial charge is 0.353 e. The first-order chi connectivity index (χ1) is 9.08. The molecule has 0 aliphatic carbocycles. The topological polar surface area (TPSA) is 88.0 Å². The number of rotatable bonds is 4. The van der Waals surface area contributed by atoms with E-state index in [-0.39, 0.29) is 24.6 Å². The number of carbonyl (C=O) groups is 2. The van der Waals surface area contributed by atoms with Gasteiger partial charge in [0.05, 0.1) is 17.1 Å². The van der Waals surface area contributed by atoms with E-state index in [0.717, 1.165) is 0 Å². The van der Waals surface area contributed by atoms with Crippen molar-refractivity contribution in [2.75, 3.05) is 6.54 Å². The van der Waals surface area contributed by atoms with Crippen molar-refractivity contribution in [2.24, 2.45) is 5.16 Å². The summed E-state index contributed by atoms with van der Waals surface area (Å²) in [4.78, 5) is 27.4. The van der Waals surface area contributed by atoms with Crippen molar-refractivity contribution >= 4 is 29.2 Å². The van der Waals surface area contributed by atoms with Crippen LogP contribution in [0.15, 0.2) is 29.4 Å². The Morgan fingerprint density at radius 1 is 1.47 bits per heavy atom. The Morgan fingerprint density at radius 3 is 2.84 bits per heavy atom. The molecule has 0 unspecified atom stereocenters. The molecule has 6 nitrogen and oxygen atoms in total. The van der Waals surface area contributed by atoms with Crippen LogP contribution in [0.4, 0.5) is 0 Å². The molecule has 0 saturated carbocycles. The molecule has 19 heavy (non-hydrogen) atoms. The molecular formula is C12H11ClN2O4. The SMILES string of the molecule is O=C(O)C1=NO[C@@H](CNC(=O)c2ccccc2Cl)C1. The van der Waals surface area contributed by atoms with Crippen LogP contribution >= 0.6 is 11.6 Å². The molecule has 1 aromatic rings. The molecule has 1 atom stereocenters. The Morgan fingerprint density at radius 2 is 2.21 bits per heavy atom. The van der Waals surface area contributed by atoms with Gasteiger partial charge in [0, 0.05) is 6.42 Å². The number of carbonyl (C=O) groups excluding carboxylic acids is 1. The van der Waals surface area contributed by atoms with Gasteiger partial charge in [-0.15, -0.1) is 0 Å². The van der Waals surface area contributed by atoms with E-state index in [1.54, 1.807) is 24.3 Å². The summed E-state index contributed by atoms with van der Waals surface area (Å²) in [7, 11) is 0. The summed E-state index contributed by atoms with van der Waals surface area (Å²) >= 11 is 5.89. The number of nitrogens with zero attached hydrogens (tertiary/aromatic N) is 1. The maximum absolute atomic E-state index is 11.8. The Bertz CT molecular complexity index is 544. The lowest BCUT2D eigenvalue weighted by atomic mass is 10.1. The van der Waals surface area contributed by atoms with Gasteiger partial charge in [0.15, 0.2) is 11.8 Å². The van der Waals surface area contributed by atoms with Crippen molar-refractivity contribution in [2.45, 2.75) is 12.5 Å². The number of carboxylic acids is 1. The zero-order valence-electron chi connectivity index (χ0n) is 9.80. The summed E-state index contributed by atoms with van der Waals surface area (Å²) in [6.07, 6.45) is -0.296. The third-order valence-corrected chi connectivity index (χ3v) is 2.92. The summed E-state index contributed by atoms with van der Waals surface area (Å²) < 4.78 is 0. The van der Waals surface area contributed by atoms with Crippen LogP contribution in [-0.2, 0) is 9.63 Å². The first-order valence-corrected chi connectivity index (χ1v) is 5.94. The fourth-order valence-corrected chi connectivity index (χ4v) is 1.83. The van der Waals surface area contributed by atoms with Crippen molar-refractivity contribution in [3.63, 3.8) is 0 Å². The second-order valence-corrected chi connectivity index (χ2v) is 4.37. The Hall–Kier alpha value is -2.08. The number of nitrogens with one attached hydrogen (secondary N) is 1. The van der Waals surface area contributed by atoms with Gasteiger partial charge in [-0.05, 0) is 12.1 Å². The molecule has 0 saturated heterocycles. The number of aliphatic carboxylic acids is 1. The van der Waals surface area contributed by atoms with E-state index in [4.69, 9.17) is 21.5 Å². The molecule has 7 heteroatoms. The van der Waals surface area contributed by atoms with Crippen LogP contribution in [0.1, 0.15) is 16.8 Å². The van der Waals surface area contributed by atoms with Crippen LogP contribution in [0, 0.1) is 0 Å². The molecule has 1 heterocycles. The van der Waals surface area contributed by atoms with Crippen LogP contribution in [0.3, 0.4) is 0 Å². The quantitative estimate of drug-likeness (QED) is 0.871. The molecule has 0 fully saturated rings. The number of amides is 1. The van der Waals surface area contributed by atoms with E-state index in [0.29, 0.717) is 10.6 Å². The molecule has 1 aliphatic rings. The van der Waals surface area contributed by atoms with Gasteiger partial charge in [0.25, 0.3) is 5.91 Å². The van der Waals surface area contributed by atoms with Crippen LogP contribution < -0.4 is 5.32 Å². The van der Waals surface area contributed by atoms with Gasteiger partial charge in [0.2, 0.25) is 0 Å². The van der Waals surface area contributed by atoms with Gasteiger partial charge < -0.3 is 15.3 Å². The monoisotopic (exact) mass is 282 g/mol. The second-order valence-electron chi connectivity index (χ2n) is 3.96. The highest BCUT2D eigenvalue weighted by Crippen LogP contribution is 2.15. The Labute approximate surface area is 114 Å². The van der Waals surface area contributed by atoms with Gasteiger partial charge in [-0.2, -0.15) is 0 Å². The highest BCUT2D eigenvalue weighted by Gasteiger charge is 2.26. The minimum absolute atomic E-state index is 0.0445. The minimum atomic E-state index is -1.11. The largest absolute Gasteiger partial charge is 0.477 e. The van der Waals surface area contributed by atoms with Crippen molar-refractivity contribution in [3.8, 4) is 0 Å². The lowest BCUT2D eigenvalue weighted by molar-refractivity contribution is -0.129. The molecule has 100 valence electrons. The summed E-state index contributed by atoms with van der Waals surface area (Å²) in [5.41, 5.74) is 0.318. The molecule has 0 bridgehead atoms. The molecule has 0 spiro atoms. The molecule has 0 radical (unpaired) electrons. The summed E-state index contributed by atoms with van der Waals surface area (Å²) in [5.74, 6) is -1.45. The summed E-state index contributed by atoms with van der Waals surface area (Å²) in [6.45, 7) is 0.171. The standard InChI is InChI=1S/C12H11ClN2O4/c13-9-4-2-1-3-8(9)11(16)14-6-7-5-10(12(17)18)15-19-7/h1-4,7H,5-6H2,(H,14,16)(H,17,18)/t7-/m1/s1. The number of halogens is 1. The normalized spacial score (nSPS) is 17.5. The number of hydrogen-bond donors (Lipinski definition) is 2. The first-order valence-electron chi connectivity index (χ1n) is 5.56. The predicted molar refractivity (Wildman–Crippen MR) is 68.3 cm³/mol. The summed E-state index contributed by atoms with van der Waals surface area (Å²) in [5, 5.41) is 15.1. The number of hydrogen-bond acceptors (Lipinski definition) is 4. The molecule has 1 amide bonds. The predicted octanol–water partition coefficient (Wildman–Crippen LogP) is 1.30. The highest BCUT2D eigenvalue weighted by atomic mass is 35.5. The first kappa shape index (κ1) is 13.4. The molecule has 1 aliphatic heterocycles. The molecular weight excluding hydrogens is 272 g/mol. The fraction of sp³-hybridized carbons (Fsp3) is 0.250. The van der Waals surface area contributed by atoms with Crippen molar-refractivity contribution in [1.29, 1.82) is 0 Å². The maximum Gasteiger partial charge on any atom is 0.353 e. The molecule has 2 N–H and O–H groups in total. The van der Waals surface area contributed by atoms with Gasteiger partial charge in [-0.25, -0.2) is 4.79 Å². The summed E-state index contributed by atoms with van der Waals surface area (Å²) in [6, 6.07) is 6.66. The van der Waals surface area contributed by atoms with Crippen LogP contribution in [0.5, 0.6) is 0 Å². The highest BCUT2D eigenvalue weighted by molar-refractivity contribution is 6.36. The fourth-order valence-electron chi connectivity index (χ4n) is 1.61. The average molecular weight is 283 g/mol. The van der Waals surface area contributed by atoms with E-state index in [1.165, 1.54) is 0 Å². The van der Waals surface area contributed by atoms with E-state index in [9.17, 15) is 9.59 Å². The van der Waals surface area contributed by atoms with Crippen molar-refractivity contribution in [1.82, 2.24) is 5.32 Å². The molecule has 0 aromatic heterocycles. The third-order valence-electron chi connectivity index (χ3n) is 2.59. The van der Waals surface area contributed by atoms with E-state index < -0.39 is 12.1 Å². The molecule has 1 aromatic carbocycles. The third kappa shape index (κ3) is 3.23. The van der Waals surface area contributed by atoms with Crippen LogP contribution in [0.2, 0.25) is 5.02 Å².